The van der Waals surface area contributed by atoms with Crippen molar-refractivity contribution in [2.24, 2.45) is 0 Å². The third-order valence-corrected chi connectivity index (χ3v) is 3.11. The Bertz CT molecular complexity index is 457. The molecule has 78 valence electrons. The van der Waals surface area contributed by atoms with E-state index >= 15 is 0 Å². The molecule has 1 fully saturated rings. The van der Waals surface area contributed by atoms with Gasteiger partial charge in [0.25, 0.3) is 0 Å². The summed E-state index contributed by atoms with van der Waals surface area (Å²) in [6.07, 6.45) is 2.18. The van der Waals surface area contributed by atoms with Crippen LogP contribution in [0.1, 0.15) is 24.5 Å². The van der Waals surface area contributed by atoms with Gasteiger partial charge < -0.3 is 4.74 Å². The fraction of sp³-hybridized carbons (Fsp3) is 0.417. The number of rotatable bonds is 1. The molecule has 0 bridgehead atoms. The number of hydrogen-bond donors (Lipinski definition) is 1. The highest BCUT2D eigenvalue weighted by Gasteiger charge is 2.20. The predicted octanol–water partition coefficient (Wildman–Crippen LogP) is 2.46. The van der Waals surface area contributed by atoms with Crippen molar-refractivity contribution >= 4 is 10.9 Å². The van der Waals surface area contributed by atoms with Crippen molar-refractivity contribution in [3.05, 3.63) is 30.0 Å². The lowest BCUT2D eigenvalue weighted by Gasteiger charge is -2.20. The number of H-pyrrole nitrogens is 1. The Hall–Kier alpha value is -1.35. The molecular weight excluding hydrogens is 188 g/mol. The summed E-state index contributed by atoms with van der Waals surface area (Å²) in [5.74, 6) is 0.565. The van der Waals surface area contributed by atoms with E-state index in [1.807, 2.05) is 6.07 Å². The number of fused-ring (bicyclic) bond motifs is 1. The van der Waals surface area contributed by atoms with E-state index in [4.69, 9.17) is 4.74 Å². The number of aromatic nitrogens is 2. The number of benzene rings is 1. The van der Waals surface area contributed by atoms with Crippen LogP contribution >= 0.6 is 0 Å². The van der Waals surface area contributed by atoms with Crippen LogP contribution < -0.4 is 0 Å². The Morgan fingerprint density at radius 2 is 2.00 bits per heavy atom. The van der Waals surface area contributed by atoms with Crippen LogP contribution in [-0.4, -0.2) is 23.4 Å². The molecule has 0 amide bonds. The van der Waals surface area contributed by atoms with Gasteiger partial charge in [-0.2, -0.15) is 5.10 Å². The van der Waals surface area contributed by atoms with Gasteiger partial charge in [-0.05, 0) is 18.9 Å². The lowest BCUT2D eigenvalue weighted by molar-refractivity contribution is 0.0847. The summed E-state index contributed by atoms with van der Waals surface area (Å²) in [4.78, 5) is 0. The molecule has 2 heterocycles. The largest absolute Gasteiger partial charge is 0.381 e. The first-order valence-electron chi connectivity index (χ1n) is 5.46. The molecule has 3 nitrogen and oxygen atoms in total. The average Bonchev–Trinajstić information content (AvgIpc) is 2.74. The first-order valence-corrected chi connectivity index (χ1v) is 5.46. The van der Waals surface area contributed by atoms with Gasteiger partial charge in [-0.1, -0.05) is 18.2 Å². The van der Waals surface area contributed by atoms with Gasteiger partial charge in [0, 0.05) is 24.5 Å². The van der Waals surface area contributed by atoms with Gasteiger partial charge in [0.15, 0.2) is 0 Å². The van der Waals surface area contributed by atoms with E-state index in [0.717, 1.165) is 31.6 Å². The summed E-state index contributed by atoms with van der Waals surface area (Å²) in [5, 5.41) is 8.80. The fourth-order valence-electron chi connectivity index (χ4n) is 2.27. The lowest BCUT2D eigenvalue weighted by atomic mass is 9.94. The third kappa shape index (κ3) is 1.53. The Balaban J connectivity index is 2.02. The lowest BCUT2D eigenvalue weighted by Crippen LogP contribution is -2.14. The maximum absolute atomic E-state index is 5.37. The highest BCUT2D eigenvalue weighted by molar-refractivity contribution is 5.81. The van der Waals surface area contributed by atoms with E-state index in [1.165, 1.54) is 11.1 Å². The number of aromatic amines is 1. The van der Waals surface area contributed by atoms with Crippen LogP contribution in [0, 0.1) is 0 Å². The maximum Gasteiger partial charge on any atom is 0.0733 e. The molecule has 0 aliphatic carbocycles. The summed E-state index contributed by atoms with van der Waals surface area (Å²) < 4.78 is 5.37. The van der Waals surface area contributed by atoms with Crippen LogP contribution in [0.5, 0.6) is 0 Å². The molecule has 1 aliphatic heterocycles. The second kappa shape index (κ2) is 3.66. The van der Waals surface area contributed by atoms with E-state index in [1.54, 1.807) is 0 Å². The van der Waals surface area contributed by atoms with Crippen molar-refractivity contribution in [1.82, 2.24) is 10.2 Å². The normalized spacial score (nSPS) is 18.4. The van der Waals surface area contributed by atoms with Gasteiger partial charge in [-0.15, -0.1) is 0 Å². The SMILES string of the molecule is c1ccc2c(C3CCOCC3)n[nH]c2c1. The molecule has 0 unspecified atom stereocenters. The second-order valence-corrected chi connectivity index (χ2v) is 4.04. The van der Waals surface area contributed by atoms with Crippen LogP contribution in [0.25, 0.3) is 10.9 Å². The molecule has 1 aliphatic rings. The first-order chi connectivity index (χ1) is 7.45. The predicted molar refractivity (Wildman–Crippen MR) is 58.9 cm³/mol. The van der Waals surface area contributed by atoms with E-state index in [9.17, 15) is 0 Å². The van der Waals surface area contributed by atoms with Crippen molar-refractivity contribution in [2.45, 2.75) is 18.8 Å². The third-order valence-electron chi connectivity index (χ3n) is 3.11. The summed E-state index contributed by atoms with van der Waals surface area (Å²) in [7, 11) is 0. The molecule has 0 saturated carbocycles. The average molecular weight is 202 g/mol. The van der Waals surface area contributed by atoms with Crippen molar-refractivity contribution in [1.29, 1.82) is 0 Å². The molecule has 0 radical (unpaired) electrons. The monoisotopic (exact) mass is 202 g/mol. The zero-order chi connectivity index (χ0) is 10.1. The van der Waals surface area contributed by atoms with Crippen molar-refractivity contribution < 1.29 is 4.74 Å². The Kier molecular flexibility index (Phi) is 2.18. The Morgan fingerprint density at radius 1 is 1.20 bits per heavy atom. The van der Waals surface area contributed by atoms with Crippen molar-refractivity contribution in [3.63, 3.8) is 0 Å². The van der Waals surface area contributed by atoms with Crippen LogP contribution in [0.2, 0.25) is 0 Å². The smallest absolute Gasteiger partial charge is 0.0733 e. The van der Waals surface area contributed by atoms with Crippen LogP contribution in [-0.2, 0) is 4.74 Å². The summed E-state index contributed by atoms with van der Waals surface area (Å²) in [6, 6.07) is 8.32. The molecule has 3 rings (SSSR count). The molecule has 1 aromatic carbocycles. The molecule has 1 N–H and O–H groups in total. The molecular formula is C12H14N2O. The van der Waals surface area contributed by atoms with Crippen molar-refractivity contribution in [3.8, 4) is 0 Å². The van der Waals surface area contributed by atoms with Crippen LogP contribution in [0.15, 0.2) is 24.3 Å². The number of ether oxygens (including phenoxy) is 1. The highest BCUT2D eigenvalue weighted by atomic mass is 16.5. The maximum atomic E-state index is 5.37. The number of nitrogens with one attached hydrogen (secondary N) is 1. The molecule has 15 heavy (non-hydrogen) atoms. The van der Waals surface area contributed by atoms with Gasteiger partial charge in [0.1, 0.15) is 0 Å². The van der Waals surface area contributed by atoms with Gasteiger partial charge in [0.2, 0.25) is 0 Å². The molecule has 1 aromatic heterocycles. The molecule has 0 atom stereocenters. The summed E-state index contributed by atoms with van der Waals surface area (Å²) in [6.45, 7) is 1.73. The van der Waals surface area contributed by atoms with E-state index < -0.39 is 0 Å². The second-order valence-electron chi connectivity index (χ2n) is 4.04. The Labute approximate surface area is 88.4 Å². The zero-order valence-corrected chi connectivity index (χ0v) is 8.57. The molecule has 3 heteroatoms. The summed E-state index contributed by atoms with van der Waals surface area (Å²) in [5.41, 5.74) is 2.35. The number of para-hydroxylation sites is 1. The zero-order valence-electron chi connectivity index (χ0n) is 8.57. The van der Waals surface area contributed by atoms with Crippen molar-refractivity contribution in [2.75, 3.05) is 13.2 Å². The van der Waals surface area contributed by atoms with Crippen LogP contribution in [0.4, 0.5) is 0 Å². The van der Waals surface area contributed by atoms with Gasteiger partial charge in [-0.3, -0.25) is 5.10 Å². The first kappa shape index (κ1) is 8.92. The Morgan fingerprint density at radius 3 is 2.87 bits per heavy atom. The topological polar surface area (TPSA) is 37.9 Å². The number of hydrogen-bond acceptors (Lipinski definition) is 2. The quantitative estimate of drug-likeness (QED) is 0.771. The van der Waals surface area contributed by atoms with Gasteiger partial charge in [0.05, 0.1) is 11.2 Å². The molecule has 1 saturated heterocycles. The minimum atomic E-state index is 0.565. The van der Waals surface area contributed by atoms with Gasteiger partial charge in [-0.25, -0.2) is 0 Å². The number of nitrogens with zero attached hydrogens (tertiary/aromatic N) is 1. The fourth-order valence-corrected chi connectivity index (χ4v) is 2.27. The van der Waals surface area contributed by atoms with Crippen LogP contribution in [0.3, 0.4) is 0 Å². The standard InChI is InChI=1S/C12H14N2O/c1-2-4-11-10(3-1)12(14-13-11)9-5-7-15-8-6-9/h1-4,9H,5-8H2,(H,13,14). The highest BCUT2D eigenvalue weighted by Crippen LogP contribution is 2.30. The summed E-state index contributed by atoms with van der Waals surface area (Å²) >= 11 is 0. The minimum absolute atomic E-state index is 0.565. The molecule has 2 aromatic rings. The van der Waals surface area contributed by atoms with Gasteiger partial charge >= 0.3 is 0 Å². The van der Waals surface area contributed by atoms with E-state index in [-0.39, 0.29) is 0 Å². The minimum Gasteiger partial charge on any atom is -0.381 e. The van der Waals surface area contributed by atoms with E-state index in [2.05, 4.69) is 28.4 Å². The van der Waals surface area contributed by atoms with E-state index in [0.29, 0.717) is 5.92 Å². The molecule has 0 spiro atoms.